The molecule has 2 rings (SSSR count). The maximum atomic E-state index is 11.3. The molecule has 0 bridgehead atoms. The van der Waals surface area contributed by atoms with Crippen molar-refractivity contribution in [1.82, 2.24) is 0 Å². The Kier molecular flexibility index (Phi) is 3.54. The Labute approximate surface area is 115 Å². The van der Waals surface area contributed by atoms with Gasteiger partial charge in [-0.3, -0.25) is 0 Å². The summed E-state index contributed by atoms with van der Waals surface area (Å²) in [5.74, 6) is 0. The molecular formula is C15H11N3O2. The lowest BCUT2D eigenvalue weighted by Crippen LogP contribution is -1.99. The molecule has 0 aliphatic rings. The molecule has 5 nitrogen and oxygen atoms in total. The highest BCUT2D eigenvalue weighted by atomic mass is 16.4. The molecule has 0 aliphatic carbocycles. The number of nitrogens with one attached hydrogen (secondary N) is 1. The van der Waals surface area contributed by atoms with Crippen LogP contribution in [0.25, 0.3) is 11.0 Å². The molecule has 0 spiro atoms. The predicted molar refractivity (Wildman–Crippen MR) is 74.9 cm³/mol. The highest BCUT2D eigenvalue weighted by Crippen LogP contribution is 2.25. The summed E-state index contributed by atoms with van der Waals surface area (Å²) in [6.45, 7) is 3.67. The molecule has 1 aromatic heterocycles. The van der Waals surface area contributed by atoms with Crippen molar-refractivity contribution in [2.24, 2.45) is 0 Å². The number of hydrogen-bond donors (Lipinski definition) is 1. The minimum Gasteiger partial charge on any atom is -0.423 e. The van der Waals surface area contributed by atoms with Crippen molar-refractivity contribution in [3.8, 4) is 12.1 Å². The van der Waals surface area contributed by atoms with E-state index >= 15 is 0 Å². The summed E-state index contributed by atoms with van der Waals surface area (Å²) >= 11 is 0. The van der Waals surface area contributed by atoms with Gasteiger partial charge in [0.25, 0.3) is 0 Å². The van der Waals surface area contributed by atoms with Crippen LogP contribution in [0.4, 0.5) is 5.69 Å². The number of benzene rings is 1. The first kappa shape index (κ1) is 13.4. The number of aryl methyl sites for hydroxylation is 2. The molecule has 1 heterocycles. The number of nitriles is 2. The fraction of sp³-hybridized carbons (Fsp3) is 0.133. The van der Waals surface area contributed by atoms with E-state index in [0.717, 1.165) is 22.2 Å². The smallest absolute Gasteiger partial charge is 0.336 e. The van der Waals surface area contributed by atoms with Gasteiger partial charge >= 0.3 is 5.63 Å². The molecule has 0 aliphatic heterocycles. The lowest BCUT2D eigenvalue weighted by atomic mass is 10.1. The third kappa shape index (κ3) is 2.52. The Morgan fingerprint density at radius 1 is 1.20 bits per heavy atom. The molecule has 0 saturated carbocycles. The summed E-state index contributed by atoms with van der Waals surface area (Å²) in [5.41, 5.74) is 2.52. The molecule has 20 heavy (non-hydrogen) atoms. The van der Waals surface area contributed by atoms with Gasteiger partial charge in [0.05, 0.1) is 0 Å². The van der Waals surface area contributed by atoms with E-state index in [2.05, 4.69) is 5.32 Å². The predicted octanol–water partition coefficient (Wildman–Crippen LogP) is 2.75. The van der Waals surface area contributed by atoms with Crippen LogP contribution in [0, 0.1) is 36.5 Å². The van der Waals surface area contributed by atoms with E-state index in [4.69, 9.17) is 14.9 Å². The highest BCUT2D eigenvalue weighted by molar-refractivity contribution is 5.85. The molecule has 0 radical (unpaired) electrons. The first-order valence-electron chi connectivity index (χ1n) is 5.87. The molecule has 0 fully saturated rings. The summed E-state index contributed by atoms with van der Waals surface area (Å²) in [6.07, 6.45) is 1.35. The Bertz CT molecular complexity index is 832. The van der Waals surface area contributed by atoms with Crippen LogP contribution in [0.1, 0.15) is 11.1 Å². The van der Waals surface area contributed by atoms with Crippen LogP contribution in [0.15, 0.2) is 39.2 Å². The molecule has 5 heteroatoms. The fourth-order valence-electron chi connectivity index (χ4n) is 1.86. The number of fused-ring (bicyclic) bond motifs is 1. The lowest BCUT2D eigenvalue weighted by Gasteiger charge is -2.08. The number of anilines is 1. The van der Waals surface area contributed by atoms with E-state index in [0.29, 0.717) is 5.58 Å². The van der Waals surface area contributed by atoms with E-state index in [9.17, 15) is 4.79 Å². The van der Waals surface area contributed by atoms with Gasteiger partial charge in [0.15, 0.2) is 0 Å². The van der Waals surface area contributed by atoms with Crippen molar-refractivity contribution in [1.29, 1.82) is 10.5 Å². The van der Waals surface area contributed by atoms with E-state index in [1.165, 1.54) is 12.3 Å². The summed E-state index contributed by atoms with van der Waals surface area (Å²) in [5, 5.41) is 21.1. The second-order valence-corrected chi connectivity index (χ2v) is 4.34. The van der Waals surface area contributed by atoms with E-state index < -0.39 is 0 Å². The van der Waals surface area contributed by atoms with Crippen molar-refractivity contribution >= 4 is 16.7 Å². The molecule has 1 aromatic carbocycles. The zero-order chi connectivity index (χ0) is 14.7. The van der Waals surface area contributed by atoms with Crippen LogP contribution in [0.2, 0.25) is 0 Å². The Balaban J connectivity index is 2.54. The van der Waals surface area contributed by atoms with Gasteiger partial charge in [0.1, 0.15) is 23.3 Å². The zero-order valence-electron chi connectivity index (χ0n) is 11.0. The van der Waals surface area contributed by atoms with Crippen LogP contribution in [-0.4, -0.2) is 0 Å². The largest absolute Gasteiger partial charge is 0.423 e. The second kappa shape index (κ2) is 5.29. The van der Waals surface area contributed by atoms with Crippen molar-refractivity contribution in [2.45, 2.75) is 13.8 Å². The SMILES string of the molecule is Cc1cc2oc(=O)cc(C)c2cc1NC=C(C#N)C#N. The van der Waals surface area contributed by atoms with Crippen molar-refractivity contribution in [3.05, 3.63) is 51.5 Å². The Hall–Kier alpha value is -3.05. The molecule has 0 saturated heterocycles. The van der Waals surface area contributed by atoms with Crippen LogP contribution in [0.5, 0.6) is 0 Å². The third-order valence-electron chi connectivity index (χ3n) is 2.91. The van der Waals surface area contributed by atoms with Crippen LogP contribution < -0.4 is 10.9 Å². The average molecular weight is 265 g/mol. The maximum absolute atomic E-state index is 11.3. The zero-order valence-corrected chi connectivity index (χ0v) is 11.0. The van der Waals surface area contributed by atoms with Gasteiger partial charge in [-0.15, -0.1) is 0 Å². The second-order valence-electron chi connectivity index (χ2n) is 4.34. The molecule has 98 valence electrons. The van der Waals surface area contributed by atoms with Crippen LogP contribution >= 0.6 is 0 Å². The number of nitrogens with zero attached hydrogens (tertiary/aromatic N) is 2. The van der Waals surface area contributed by atoms with Gasteiger partial charge in [-0.25, -0.2) is 4.79 Å². The Morgan fingerprint density at radius 3 is 2.55 bits per heavy atom. The summed E-state index contributed by atoms with van der Waals surface area (Å²) in [7, 11) is 0. The molecule has 0 atom stereocenters. The Morgan fingerprint density at radius 2 is 1.90 bits per heavy atom. The molecule has 0 amide bonds. The van der Waals surface area contributed by atoms with Crippen LogP contribution in [-0.2, 0) is 0 Å². The number of rotatable bonds is 2. The van der Waals surface area contributed by atoms with E-state index in [-0.39, 0.29) is 11.2 Å². The summed E-state index contributed by atoms with van der Waals surface area (Å²) in [6, 6.07) is 8.55. The average Bonchev–Trinajstić information content (AvgIpc) is 2.40. The van der Waals surface area contributed by atoms with Gasteiger partial charge in [0, 0.05) is 23.3 Å². The topological polar surface area (TPSA) is 89.8 Å². The highest BCUT2D eigenvalue weighted by Gasteiger charge is 2.06. The van der Waals surface area contributed by atoms with Gasteiger partial charge in [-0.05, 0) is 37.1 Å². The van der Waals surface area contributed by atoms with Gasteiger partial charge in [-0.1, -0.05) is 0 Å². The third-order valence-corrected chi connectivity index (χ3v) is 2.91. The van der Waals surface area contributed by atoms with E-state index in [1.54, 1.807) is 18.2 Å². The van der Waals surface area contributed by atoms with Gasteiger partial charge in [0.2, 0.25) is 0 Å². The standard InChI is InChI=1S/C15H11N3O2/c1-9-4-15(19)20-14-3-10(2)13(5-12(9)14)18-8-11(6-16)7-17/h3-5,8,18H,1-2H3. The number of hydrogen-bond acceptors (Lipinski definition) is 5. The number of allylic oxidation sites excluding steroid dienone is 1. The minimum absolute atomic E-state index is 0.0131. The summed E-state index contributed by atoms with van der Waals surface area (Å²) < 4.78 is 5.14. The quantitative estimate of drug-likeness (QED) is 0.666. The lowest BCUT2D eigenvalue weighted by molar-refractivity contribution is 0.559. The molecule has 2 aromatic rings. The van der Waals surface area contributed by atoms with Crippen molar-refractivity contribution in [2.75, 3.05) is 5.32 Å². The maximum Gasteiger partial charge on any atom is 0.336 e. The summed E-state index contributed by atoms with van der Waals surface area (Å²) in [4.78, 5) is 11.3. The normalized spacial score (nSPS) is 9.60. The first-order valence-corrected chi connectivity index (χ1v) is 5.87. The van der Waals surface area contributed by atoms with Crippen molar-refractivity contribution < 1.29 is 4.42 Å². The van der Waals surface area contributed by atoms with Crippen molar-refractivity contribution in [3.63, 3.8) is 0 Å². The minimum atomic E-state index is -0.383. The van der Waals surface area contributed by atoms with E-state index in [1.807, 2.05) is 19.9 Å². The molecular weight excluding hydrogens is 254 g/mol. The molecule has 1 N–H and O–H groups in total. The van der Waals surface area contributed by atoms with Crippen LogP contribution in [0.3, 0.4) is 0 Å². The molecule has 0 unspecified atom stereocenters. The fourth-order valence-corrected chi connectivity index (χ4v) is 1.86. The van der Waals surface area contributed by atoms with Gasteiger partial charge in [-0.2, -0.15) is 10.5 Å². The monoisotopic (exact) mass is 265 g/mol. The van der Waals surface area contributed by atoms with Gasteiger partial charge < -0.3 is 9.73 Å². The first-order chi connectivity index (χ1) is 9.55.